The summed E-state index contributed by atoms with van der Waals surface area (Å²) in [5, 5.41) is 0. The van der Waals surface area contributed by atoms with Crippen LogP contribution in [0.25, 0.3) is 0 Å². The molecule has 1 aliphatic carbocycles. The molecule has 2 aliphatic rings. The zero-order valence-corrected chi connectivity index (χ0v) is 10.1. The number of fused-ring (bicyclic) bond motifs is 1. The smallest absolute Gasteiger partial charge is 0.184 e. The van der Waals surface area contributed by atoms with Gasteiger partial charge in [-0.15, -0.1) is 0 Å². The molecule has 2 nitrogen and oxygen atoms in total. The summed E-state index contributed by atoms with van der Waals surface area (Å²) in [6.45, 7) is 2.16. The molecule has 1 aliphatic heterocycles. The summed E-state index contributed by atoms with van der Waals surface area (Å²) in [5.41, 5.74) is 1.11. The molecule has 0 bridgehead atoms. The lowest BCUT2D eigenvalue weighted by Gasteiger charge is -2.41. The van der Waals surface area contributed by atoms with E-state index in [0.717, 1.165) is 12.0 Å². The van der Waals surface area contributed by atoms with E-state index in [-0.39, 0.29) is 18.5 Å². The van der Waals surface area contributed by atoms with Crippen LogP contribution in [0.4, 0.5) is 0 Å². The molecule has 4 unspecified atom stereocenters. The Morgan fingerprint density at radius 1 is 1.12 bits per heavy atom. The summed E-state index contributed by atoms with van der Waals surface area (Å²) in [4.78, 5) is 0. The Labute approximate surface area is 102 Å². The van der Waals surface area contributed by atoms with Crippen LogP contribution < -0.4 is 0 Å². The summed E-state index contributed by atoms with van der Waals surface area (Å²) in [6.07, 6.45) is 7.01. The lowest BCUT2D eigenvalue weighted by Crippen LogP contribution is -2.41. The number of allylic oxidation sites excluding steroid dienone is 1. The molecule has 0 radical (unpaired) electrons. The van der Waals surface area contributed by atoms with Gasteiger partial charge in [0.2, 0.25) is 0 Å². The zero-order chi connectivity index (χ0) is 11.7. The molecule has 17 heavy (non-hydrogen) atoms. The van der Waals surface area contributed by atoms with Gasteiger partial charge in [0.05, 0.1) is 12.2 Å². The normalized spacial score (nSPS) is 36.5. The molecule has 1 heterocycles. The van der Waals surface area contributed by atoms with Crippen LogP contribution >= 0.6 is 0 Å². The van der Waals surface area contributed by atoms with Crippen LogP contribution in [0.15, 0.2) is 42.5 Å². The first-order valence-electron chi connectivity index (χ1n) is 6.37. The van der Waals surface area contributed by atoms with Crippen LogP contribution in [0.5, 0.6) is 0 Å². The summed E-state index contributed by atoms with van der Waals surface area (Å²) < 4.78 is 12.0. The summed E-state index contributed by atoms with van der Waals surface area (Å²) in [7, 11) is 0. The van der Waals surface area contributed by atoms with Crippen molar-refractivity contribution < 1.29 is 9.47 Å². The van der Waals surface area contributed by atoms with E-state index in [2.05, 4.69) is 31.2 Å². The van der Waals surface area contributed by atoms with Crippen LogP contribution in [-0.4, -0.2) is 12.2 Å². The molecule has 1 saturated heterocycles. The molecule has 0 saturated carbocycles. The van der Waals surface area contributed by atoms with E-state index < -0.39 is 0 Å². The Morgan fingerprint density at radius 2 is 1.94 bits per heavy atom. The molecule has 0 spiro atoms. The van der Waals surface area contributed by atoms with Gasteiger partial charge in [-0.05, 0) is 19.8 Å². The Bertz CT molecular complexity index is 399. The number of benzene rings is 1. The van der Waals surface area contributed by atoms with Gasteiger partial charge in [0.1, 0.15) is 0 Å². The summed E-state index contributed by atoms with van der Waals surface area (Å²) >= 11 is 0. The standard InChI is InChI=1S/C15H18O2/c1-11-13-9-5-6-10-14(13)17-15(16-11)12-7-3-2-4-8-12/h2-4,6-8,10-11,13-15H,5,9H2,1H3. The van der Waals surface area contributed by atoms with E-state index in [4.69, 9.17) is 9.47 Å². The maximum atomic E-state index is 6.04. The number of ether oxygens (including phenoxy) is 2. The molecule has 0 N–H and O–H groups in total. The Hall–Kier alpha value is -1.12. The van der Waals surface area contributed by atoms with Crippen molar-refractivity contribution in [3.63, 3.8) is 0 Å². The van der Waals surface area contributed by atoms with E-state index in [0.29, 0.717) is 5.92 Å². The predicted molar refractivity (Wildman–Crippen MR) is 66.5 cm³/mol. The molecular formula is C15H18O2. The third-order valence-electron chi connectivity index (χ3n) is 3.71. The average Bonchev–Trinajstić information content (AvgIpc) is 2.40. The van der Waals surface area contributed by atoms with Crippen LogP contribution in [0.2, 0.25) is 0 Å². The van der Waals surface area contributed by atoms with Crippen molar-refractivity contribution in [2.45, 2.75) is 38.3 Å². The van der Waals surface area contributed by atoms with E-state index in [1.807, 2.05) is 18.2 Å². The van der Waals surface area contributed by atoms with Gasteiger partial charge < -0.3 is 9.47 Å². The van der Waals surface area contributed by atoms with Crippen LogP contribution in [0, 0.1) is 5.92 Å². The van der Waals surface area contributed by atoms with Crippen LogP contribution in [0.1, 0.15) is 31.6 Å². The van der Waals surface area contributed by atoms with Gasteiger partial charge in [-0.2, -0.15) is 0 Å². The number of hydrogen-bond acceptors (Lipinski definition) is 2. The third kappa shape index (κ3) is 2.15. The van der Waals surface area contributed by atoms with Crippen molar-refractivity contribution in [1.29, 1.82) is 0 Å². The lowest BCUT2D eigenvalue weighted by molar-refractivity contribution is -0.260. The van der Waals surface area contributed by atoms with Crippen molar-refractivity contribution in [3.05, 3.63) is 48.0 Å². The second kappa shape index (κ2) is 4.63. The number of hydrogen-bond donors (Lipinski definition) is 0. The third-order valence-corrected chi connectivity index (χ3v) is 3.71. The highest BCUT2D eigenvalue weighted by molar-refractivity contribution is 5.17. The number of rotatable bonds is 1. The van der Waals surface area contributed by atoms with Gasteiger partial charge in [-0.25, -0.2) is 0 Å². The molecule has 4 atom stereocenters. The second-order valence-corrected chi connectivity index (χ2v) is 4.85. The van der Waals surface area contributed by atoms with Gasteiger partial charge in [-0.1, -0.05) is 42.5 Å². The maximum Gasteiger partial charge on any atom is 0.184 e. The summed E-state index contributed by atoms with van der Waals surface area (Å²) in [6, 6.07) is 10.2. The minimum absolute atomic E-state index is 0.213. The molecule has 0 aromatic heterocycles. The van der Waals surface area contributed by atoms with Gasteiger partial charge in [0.25, 0.3) is 0 Å². The fraction of sp³-hybridized carbons (Fsp3) is 0.467. The molecule has 1 aromatic carbocycles. The topological polar surface area (TPSA) is 18.5 Å². The van der Waals surface area contributed by atoms with Gasteiger partial charge >= 0.3 is 0 Å². The van der Waals surface area contributed by atoms with E-state index in [1.165, 1.54) is 6.42 Å². The largest absolute Gasteiger partial charge is 0.345 e. The van der Waals surface area contributed by atoms with Crippen molar-refractivity contribution in [1.82, 2.24) is 0 Å². The average molecular weight is 230 g/mol. The first kappa shape index (κ1) is 11.0. The van der Waals surface area contributed by atoms with Crippen molar-refractivity contribution in [2.24, 2.45) is 5.92 Å². The second-order valence-electron chi connectivity index (χ2n) is 4.85. The van der Waals surface area contributed by atoms with E-state index in [1.54, 1.807) is 0 Å². The Morgan fingerprint density at radius 3 is 2.76 bits per heavy atom. The van der Waals surface area contributed by atoms with Gasteiger partial charge in [0, 0.05) is 11.5 Å². The Kier molecular flexibility index (Phi) is 3.00. The highest BCUT2D eigenvalue weighted by Gasteiger charge is 2.37. The monoisotopic (exact) mass is 230 g/mol. The summed E-state index contributed by atoms with van der Waals surface area (Å²) in [5.74, 6) is 0.514. The molecule has 1 fully saturated rings. The fourth-order valence-electron chi connectivity index (χ4n) is 2.71. The molecular weight excluding hydrogens is 212 g/mol. The van der Waals surface area contributed by atoms with Crippen LogP contribution in [-0.2, 0) is 9.47 Å². The first-order chi connectivity index (χ1) is 8.34. The fourth-order valence-corrected chi connectivity index (χ4v) is 2.71. The molecule has 1 aromatic rings. The van der Waals surface area contributed by atoms with E-state index >= 15 is 0 Å². The minimum atomic E-state index is -0.213. The zero-order valence-electron chi connectivity index (χ0n) is 10.1. The highest BCUT2D eigenvalue weighted by Crippen LogP contribution is 2.37. The molecule has 0 amide bonds. The minimum Gasteiger partial charge on any atom is -0.345 e. The molecule has 3 rings (SSSR count). The Balaban J connectivity index is 1.81. The van der Waals surface area contributed by atoms with Crippen molar-refractivity contribution in [2.75, 3.05) is 0 Å². The first-order valence-corrected chi connectivity index (χ1v) is 6.37. The predicted octanol–water partition coefficient (Wildman–Crippen LogP) is 3.46. The SMILES string of the molecule is CC1OC(c2ccccc2)OC2C=CCCC12. The molecule has 2 heteroatoms. The molecule has 90 valence electrons. The van der Waals surface area contributed by atoms with Crippen molar-refractivity contribution in [3.8, 4) is 0 Å². The van der Waals surface area contributed by atoms with E-state index in [9.17, 15) is 0 Å². The maximum absolute atomic E-state index is 6.04. The van der Waals surface area contributed by atoms with Gasteiger partial charge in [-0.3, -0.25) is 0 Å². The van der Waals surface area contributed by atoms with Gasteiger partial charge in [0.15, 0.2) is 6.29 Å². The highest BCUT2D eigenvalue weighted by atomic mass is 16.7. The van der Waals surface area contributed by atoms with Crippen molar-refractivity contribution >= 4 is 0 Å². The van der Waals surface area contributed by atoms with Crippen LogP contribution in [0.3, 0.4) is 0 Å². The lowest BCUT2D eigenvalue weighted by atomic mass is 9.86. The quantitative estimate of drug-likeness (QED) is 0.688.